The maximum absolute atomic E-state index is 12.5. The van der Waals surface area contributed by atoms with Gasteiger partial charge in [-0.3, -0.25) is 0 Å². The molecule has 18 nitrogen and oxygen atoms in total. The summed E-state index contributed by atoms with van der Waals surface area (Å²) in [6.45, 7) is 10.3. The lowest BCUT2D eigenvalue weighted by atomic mass is 9.69. The molecule has 0 N–H and O–H groups in total. The fraction of sp³-hybridized carbons (Fsp3) is 0.509. The Labute approximate surface area is 468 Å². The second-order valence-electron chi connectivity index (χ2n) is 19.7. The first-order valence-corrected chi connectivity index (χ1v) is 26.9. The second-order valence-corrected chi connectivity index (χ2v) is 19.7. The molecular formula is C57H80B4O18. The fourth-order valence-corrected chi connectivity index (χ4v) is 8.11. The lowest BCUT2D eigenvalue weighted by Gasteiger charge is -2.37. The molecule has 79 heavy (non-hydrogen) atoms. The van der Waals surface area contributed by atoms with Crippen molar-refractivity contribution < 1.29 is 84.8 Å². The molecule has 0 saturated carbocycles. The van der Waals surface area contributed by atoms with Crippen LogP contribution in [0.5, 0.6) is 17.2 Å². The molecule has 4 rings (SSSR count). The molecule has 428 valence electrons. The summed E-state index contributed by atoms with van der Waals surface area (Å²) in [4.78, 5) is 50.0. The van der Waals surface area contributed by atoms with Gasteiger partial charge in [0, 0.05) is 25.3 Å². The highest BCUT2D eigenvalue weighted by Gasteiger charge is 2.42. The van der Waals surface area contributed by atoms with E-state index in [1.165, 1.54) is 54.1 Å². The number of ether oxygens (including phenoxy) is 6. The molecule has 4 aromatic carbocycles. The van der Waals surface area contributed by atoms with Gasteiger partial charge in [0.25, 0.3) is 0 Å². The number of unbranched alkanes of at least 4 members (excludes halogenated alkanes) is 5. The largest absolute Gasteiger partial charge is 0.597 e. The molecule has 0 saturated heterocycles. The quantitative estimate of drug-likeness (QED) is 0.0176. The summed E-state index contributed by atoms with van der Waals surface area (Å²) >= 11 is 0. The molecule has 22 heteroatoms. The Bertz CT molecular complexity index is 2210. The topological polar surface area (TPSA) is 197 Å². The zero-order valence-electron chi connectivity index (χ0n) is 47.8. The second kappa shape index (κ2) is 35.7. The summed E-state index contributed by atoms with van der Waals surface area (Å²) in [5, 5.41) is 0. The first-order valence-electron chi connectivity index (χ1n) is 26.9. The van der Waals surface area contributed by atoms with Crippen LogP contribution < -0.4 is 14.0 Å². The smallest absolute Gasteiger partial charge is 0.526 e. The van der Waals surface area contributed by atoms with E-state index in [2.05, 4.69) is 6.92 Å². The summed E-state index contributed by atoms with van der Waals surface area (Å²) in [6, 6.07) is 34.3. The van der Waals surface area contributed by atoms with Crippen LogP contribution in [0, 0.1) is 6.92 Å². The summed E-state index contributed by atoms with van der Waals surface area (Å²) in [7, 11) is 0.0439. The molecule has 0 heterocycles. The minimum absolute atomic E-state index is 0.00514. The summed E-state index contributed by atoms with van der Waals surface area (Å²) in [5.41, 5.74) is 0.905. The Hall–Kier alpha value is -5.86. The molecule has 1 atom stereocenters. The van der Waals surface area contributed by atoms with E-state index in [1.54, 1.807) is 0 Å². The highest BCUT2D eigenvalue weighted by atomic mass is 16.6. The highest BCUT2D eigenvalue weighted by Crippen LogP contribution is 2.34. The van der Waals surface area contributed by atoms with E-state index >= 15 is 0 Å². The van der Waals surface area contributed by atoms with E-state index in [0.717, 1.165) is 29.5 Å². The average molecular weight is 1100 g/mol. The van der Waals surface area contributed by atoms with Gasteiger partial charge in [0.1, 0.15) is 43.7 Å². The Balaban J connectivity index is 1.87. The van der Waals surface area contributed by atoms with Crippen molar-refractivity contribution in [3.63, 3.8) is 0 Å². The monoisotopic (exact) mass is 1100 g/mol. The van der Waals surface area contributed by atoms with Gasteiger partial charge in [-0.15, -0.1) is 0 Å². The zero-order valence-corrected chi connectivity index (χ0v) is 47.8. The number of carbonyl (C=O) groups is 4. The summed E-state index contributed by atoms with van der Waals surface area (Å²) < 4.78 is 84.0. The van der Waals surface area contributed by atoms with E-state index in [0.29, 0.717) is 23.9 Å². The number of methoxy groups -OCH3 is 4. The molecule has 4 aromatic rings. The van der Waals surface area contributed by atoms with Gasteiger partial charge in [0.15, 0.2) is 0 Å². The van der Waals surface area contributed by atoms with Crippen molar-refractivity contribution in [2.45, 2.75) is 129 Å². The number of hydrogen-bond donors (Lipinski definition) is 0. The van der Waals surface area contributed by atoms with Crippen molar-refractivity contribution >= 4 is 52.4 Å². The number of rotatable bonds is 40. The highest BCUT2D eigenvalue weighted by molar-refractivity contribution is 6.48. The van der Waals surface area contributed by atoms with Crippen LogP contribution in [0.15, 0.2) is 109 Å². The molecule has 0 aliphatic rings. The van der Waals surface area contributed by atoms with Gasteiger partial charge in [0.05, 0.1) is 58.5 Å². The average Bonchev–Trinajstić information content (AvgIpc) is 3.46. The number of carbonyl (C=O) groups excluding carboxylic acids is 4. The third kappa shape index (κ3) is 25.9. The van der Waals surface area contributed by atoms with Crippen LogP contribution in [0.4, 0.5) is 0 Å². The molecule has 0 bridgehead atoms. The van der Waals surface area contributed by atoms with Crippen molar-refractivity contribution in [3.05, 3.63) is 126 Å². The van der Waals surface area contributed by atoms with Crippen LogP contribution in [-0.4, -0.2) is 126 Å². The van der Waals surface area contributed by atoms with Crippen LogP contribution in [0.3, 0.4) is 0 Å². The Morgan fingerprint density at radius 2 is 0.797 bits per heavy atom. The Morgan fingerprint density at radius 3 is 1.20 bits per heavy atom. The molecule has 0 radical (unpaired) electrons. The standard InChI is InChI=1S/C57H80B4O18/c1-11-12-13-14-15-22-35-70-47-31-33-49(34-32-47)77-60(76-48-29-27-44(2)28-30-48)38-51(39-61(78-56(3,4)45-23-18-16-19-24-45)79-57(5,6)46-25-20-17-21-26-46)75-50(36-58(71-40-52(62)66-7)72-41-53(63)67-8)37-59(73-42-54(64)68-9)74-43-55(65)69-10/h16-21,23-34,50-51H,11-15,22,35-43H2,1-10H3. The molecule has 1 unspecified atom stereocenters. The minimum atomic E-state index is -1.33. The first-order chi connectivity index (χ1) is 37.9. The van der Waals surface area contributed by atoms with Crippen LogP contribution in [0.25, 0.3) is 0 Å². The van der Waals surface area contributed by atoms with E-state index in [4.69, 9.17) is 65.7 Å². The van der Waals surface area contributed by atoms with Crippen molar-refractivity contribution in [1.29, 1.82) is 0 Å². The van der Waals surface area contributed by atoms with Gasteiger partial charge in [-0.2, -0.15) is 0 Å². The first kappa shape index (κ1) is 65.7. The molecule has 0 fully saturated rings. The van der Waals surface area contributed by atoms with Gasteiger partial charge in [-0.1, -0.05) is 117 Å². The van der Waals surface area contributed by atoms with E-state index in [9.17, 15) is 19.2 Å². The van der Waals surface area contributed by atoms with Gasteiger partial charge in [-0.25, -0.2) is 19.2 Å². The lowest BCUT2D eigenvalue weighted by Crippen LogP contribution is -2.45. The van der Waals surface area contributed by atoms with Crippen LogP contribution in [-0.2, 0) is 82.0 Å². The van der Waals surface area contributed by atoms with Crippen molar-refractivity contribution in [3.8, 4) is 17.2 Å². The normalized spacial score (nSPS) is 11.8. The van der Waals surface area contributed by atoms with E-state index < -0.39 is 102 Å². The Morgan fingerprint density at radius 1 is 0.443 bits per heavy atom. The fourth-order valence-electron chi connectivity index (χ4n) is 8.11. The Kier molecular flexibility index (Phi) is 29.7. The van der Waals surface area contributed by atoms with Gasteiger partial charge in [-0.05, 0) is 88.6 Å². The third-order valence-corrected chi connectivity index (χ3v) is 12.6. The van der Waals surface area contributed by atoms with Crippen molar-refractivity contribution in [2.75, 3.05) is 61.5 Å². The van der Waals surface area contributed by atoms with Crippen LogP contribution >= 0.6 is 0 Å². The summed E-state index contributed by atoms with van der Waals surface area (Å²) in [5.74, 6) is -1.25. The molecular weight excluding hydrogens is 1020 g/mol. The van der Waals surface area contributed by atoms with Gasteiger partial charge >= 0.3 is 52.4 Å². The van der Waals surface area contributed by atoms with Crippen LogP contribution in [0.1, 0.15) is 89.8 Å². The SMILES string of the molecule is CCCCCCCCOc1ccc(OB(CC(CB(OC(C)(C)c2ccccc2)OC(C)(C)c2ccccc2)OC(CB(OCC(=O)OC)OCC(=O)OC)CB(OCC(=O)OC)OCC(=O)OC)Oc2ccc(C)cc2)cc1. The van der Waals surface area contributed by atoms with Gasteiger partial charge < -0.3 is 65.7 Å². The predicted octanol–water partition coefficient (Wildman–Crippen LogP) is 9.56. The number of esters is 4. The van der Waals surface area contributed by atoms with Crippen molar-refractivity contribution in [1.82, 2.24) is 0 Å². The minimum Gasteiger partial charge on any atom is -0.526 e. The van der Waals surface area contributed by atoms with E-state index in [-0.39, 0.29) is 25.3 Å². The van der Waals surface area contributed by atoms with Gasteiger partial charge in [0.2, 0.25) is 0 Å². The zero-order chi connectivity index (χ0) is 57.5. The number of aryl methyl sites for hydroxylation is 1. The maximum Gasteiger partial charge on any atom is 0.597 e. The van der Waals surface area contributed by atoms with Crippen molar-refractivity contribution in [2.24, 2.45) is 0 Å². The molecule has 0 aliphatic heterocycles. The molecule has 0 spiro atoms. The summed E-state index contributed by atoms with van der Waals surface area (Å²) in [6.07, 6.45) is 4.39. The predicted molar refractivity (Wildman–Crippen MR) is 302 cm³/mol. The maximum atomic E-state index is 12.5. The molecule has 0 aliphatic carbocycles. The lowest BCUT2D eigenvalue weighted by molar-refractivity contribution is -0.145. The molecule has 0 aromatic heterocycles. The van der Waals surface area contributed by atoms with E-state index in [1.807, 2.05) is 144 Å². The third-order valence-electron chi connectivity index (χ3n) is 12.6. The number of benzene rings is 4. The molecule has 0 amide bonds. The number of hydrogen-bond acceptors (Lipinski definition) is 18. The van der Waals surface area contributed by atoms with Crippen LogP contribution in [0.2, 0.25) is 25.3 Å².